The van der Waals surface area contributed by atoms with Gasteiger partial charge in [0.25, 0.3) is 0 Å². The van der Waals surface area contributed by atoms with Gasteiger partial charge in [-0.1, -0.05) is 0 Å². The lowest BCUT2D eigenvalue weighted by Gasteiger charge is -2.32. The maximum Gasteiger partial charge on any atom is 0.203 e. The molecule has 0 spiro atoms. The van der Waals surface area contributed by atoms with Crippen LogP contribution in [0, 0.1) is 12.8 Å². The van der Waals surface area contributed by atoms with Crippen molar-refractivity contribution in [3.63, 3.8) is 0 Å². The summed E-state index contributed by atoms with van der Waals surface area (Å²) in [5.74, 6) is 1.48. The number of carbonyl (C=O) groups excluding carboxylic acids is 1. The molecule has 1 aliphatic rings. The standard InChI is InChI=1S/C15H19N5O/c1-11-5-6-13(18-17-11)20-8-3-4-12(10-20)14(21)15-16-7-9-19(15)2/h5-7,9,12H,3-4,8,10H2,1-2H3/t12-/m1/s1. The van der Waals surface area contributed by atoms with Crippen LogP contribution in [0.3, 0.4) is 0 Å². The number of anilines is 1. The molecular formula is C15H19N5O. The fourth-order valence-corrected chi connectivity index (χ4v) is 2.75. The van der Waals surface area contributed by atoms with E-state index in [4.69, 9.17) is 0 Å². The summed E-state index contributed by atoms with van der Waals surface area (Å²) in [6.45, 7) is 3.52. The summed E-state index contributed by atoms with van der Waals surface area (Å²) in [6, 6.07) is 3.92. The highest BCUT2D eigenvalue weighted by molar-refractivity contribution is 5.95. The Morgan fingerprint density at radius 2 is 2.19 bits per heavy atom. The Morgan fingerprint density at radius 3 is 2.86 bits per heavy atom. The van der Waals surface area contributed by atoms with E-state index in [1.807, 2.05) is 26.1 Å². The fraction of sp³-hybridized carbons (Fsp3) is 0.467. The van der Waals surface area contributed by atoms with Crippen LogP contribution in [-0.2, 0) is 7.05 Å². The topological polar surface area (TPSA) is 63.9 Å². The highest BCUT2D eigenvalue weighted by Gasteiger charge is 2.29. The number of ketones is 1. The number of piperidine rings is 1. The lowest BCUT2D eigenvalue weighted by Crippen LogP contribution is -2.39. The lowest BCUT2D eigenvalue weighted by atomic mass is 9.93. The molecule has 0 amide bonds. The van der Waals surface area contributed by atoms with Crippen molar-refractivity contribution in [2.75, 3.05) is 18.0 Å². The summed E-state index contributed by atoms with van der Waals surface area (Å²) in [6.07, 6.45) is 5.36. The molecule has 3 heterocycles. The van der Waals surface area contributed by atoms with Crippen molar-refractivity contribution < 1.29 is 4.79 Å². The first-order valence-corrected chi connectivity index (χ1v) is 7.22. The molecule has 21 heavy (non-hydrogen) atoms. The maximum atomic E-state index is 12.6. The van der Waals surface area contributed by atoms with E-state index in [9.17, 15) is 4.79 Å². The number of hydrogen-bond donors (Lipinski definition) is 0. The molecule has 1 atom stereocenters. The molecule has 0 radical (unpaired) electrons. The zero-order chi connectivity index (χ0) is 14.8. The molecule has 1 aliphatic heterocycles. The van der Waals surface area contributed by atoms with Gasteiger partial charge in [-0.25, -0.2) is 4.98 Å². The van der Waals surface area contributed by atoms with Crippen molar-refractivity contribution in [2.45, 2.75) is 19.8 Å². The first-order valence-electron chi connectivity index (χ1n) is 7.22. The molecule has 0 aliphatic carbocycles. The minimum Gasteiger partial charge on any atom is -0.354 e. The zero-order valence-electron chi connectivity index (χ0n) is 12.4. The monoisotopic (exact) mass is 285 g/mol. The average molecular weight is 285 g/mol. The van der Waals surface area contributed by atoms with Crippen LogP contribution in [0.5, 0.6) is 0 Å². The van der Waals surface area contributed by atoms with Crippen LogP contribution in [0.1, 0.15) is 29.2 Å². The van der Waals surface area contributed by atoms with Crippen molar-refractivity contribution in [1.29, 1.82) is 0 Å². The van der Waals surface area contributed by atoms with Gasteiger partial charge >= 0.3 is 0 Å². The van der Waals surface area contributed by atoms with Gasteiger partial charge in [0.15, 0.2) is 11.6 Å². The number of aryl methyl sites for hydroxylation is 2. The van der Waals surface area contributed by atoms with E-state index in [0.717, 1.165) is 30.9 Å². The smallest absolute Gasteiger partial charge is 0.203 e. The quantitative estimate of drug-likeness (QED) is 0.802. The van der Waals surface area contributed by atoms with Crippen LogP contribution in [0.25, 0.3) is 0 Å². The van der Waals surface area contributed by atoms with Crippen LogP contribution >= 0.6 is 0 Å². The number of nitrogens with zero attached hydrogens (tertiary/aromatic N) is 5. The summed E-state index contributed by atoms with van der Waals surface area (Å²) in [5, 5.41) is 8.31. The van der Waals surface area contributed by atoms with Gasteiger partial charge in [-0.3, -0.25) is 4.79 Å². The van der Waals surface area contributed by atoms with Crippen molar-refractivity contribution in [3.05, 3.63) is 36.0 Å². The Labute approximate surface area is 123 Å². The minimum atomic E-state index is -0.0250. The van der Waals surface area contributed by atoms with E-state index in [2.05, 4.69) is 20.1 Å². The molecule has 6 nitrogen and oxygen atoms in total. The van der Waals surface area contributed by atoms with E-state index < -0.39 is 0 Å². The van der Waals surface area contributed by atoms with E-state index >= 15 is 0 Å². The number of rotatable bonds is 3. The van der Waals surface area contributed by atoms with E-state index in [1.54, 1.807) is 17.0 Å². The second kappa shape index (κ2) is 5.63. The Kier molecular flexibility index (Phi) is 3.68. The Bertz CT molecular complexity index is 634. The van der Waals surface area contributed by atoms with Gasteiger partial charge in [0.05, 0.1) is 5.69 Å². The number of aromatic nitrogens is 4. The molecular weight excluding hydrogens is 266 g/mol. The van der Waals surface area contributed by atoms with Gasteiger partial charge in [0.1, 0.15) is 0 Å². The molecule has 1 fully saturated rings. The number of carbonyl (C=O) groups is 1. The van der Waals surface area contributed by atoms with Gasteiger partial charge in [0, 0.05) is 38.4 Å². The van der Waals surface area contributed by atoms with E-state index in [0.29, 0.717) is 12.4 Å². The summed E-state index contributed by atoms with van der Waals surface area (Å²) in [4.78, 5) is 18.9. The maximum absolute atomic E-state index is 12.6. The molecule has 0 unspecified atom stereocenters. The summed E-state index contributed by atoms with van der Waals surface area (Å²) in [5.41, 5.74) is 0.899. The van der Waals surface area contributed by atoms with Crippen LogP contribution in [0.4, 0.5) is 5.82 Å². The third-order valence-electron chi connectivity index (χ3n) is 3.94. The molecule has 3 rings (SSSR count). The first kappa shape index (κ1) is 13.7. The van der Waals surface area contributed by atoms with E-state index in [-0.39, 0.29) is 11.7 Å². The molecule has 0 saturated carbocycles. The predicted octanol–water partition coefficient (Wildman–Crippen LogP) is 1.62. The largest absolute Gasteiger partial charge is 0.354 e. The van der Waals surface area contributed by atoms with Gasteiger partial charge < -0.3 is 9.47 Å². The van der Waals surface area contributed by atoms with Crippen molar-refractivity contribution in [2.24, 2.45) is 13.0 Å². The Balaban J connectivity index is 1.75. The number of hydrogen-bond acceptors (Lipinski definition) is 5. The molecule has 110 valence electrons. The van der Waals surface area contributed by atoms with Crippen LogP contribution in [-0.4, -0.2) is 38.6 Å². The van der Waals surface area contributed by atoms with Gasteiger partial charge in [0.2, 0.25) is 5.78 Å². The first-order chi connectivity index (χ1) is 10.1. The lowest BCUT2D eigenvalue weighted by molar-refractivity contribution is 0.0893. The molecule has 2 aromatic heterocycles. The van der Waals surface area contributed by atoms with Gasteiger partial charge in [-0.2, -0.15) is 5.10 Å². The minimum absolute atomic E-state index is 0.0250. The van der Waals surface area contributed by atoms with Gasteiger partial charge in [-0.05, 0) is 31.9 Å². The third kappa shape index (κ3) is 2.79. The average Bonchev–Trinajstić information content (AvgIpc) is 2.93. The van der Waals surface area contributed by atoms with Crippen LogP contribution in [0.2, 0.25) is 0 Å². The molecule has 0 aromatic carbocycles. The number of Topliss-reactive ketones (excluding diaryl/α,β-unsaturated/α-hetero) is 1. The zero-order valence-corrected chi connectivity index (χ0v) is 12.4. The fourth-order valence-electron chi connectivity index (χ4n) is 2.75. The van der Waals surface area contributed by atoms with Crippen molar-refractivity contribution in [3.8, 4) is 0 Å². The summed E-state index contributed by atoms with van der Waals surface area (Å²) < 4.78 is 1.78. The second-order valence-electron chi connectivity index (χ2n) is 5.54. The Morgan fingerprint density at radius 1 is 1.33 bits per heavy atom. The summed E-state index contributed by atoms with van der Waals surface area (Å²) in [7, 11) is 1.85. The highest BCUT2D eigenvalue weighted by Crippen LogP contribution is 2.23. The molecule has 1 saturated heterocycles. The highest BCUT2D eigenvalue weighted by atomic mass is 16.1. The van der Waals surface area contributed by atoms with Gasteiger partial charge in [-0.15, -0.1) is 5.10 Å². The normalized spacial score (nSPS) is 18.8. The number of imidazole rings is 1. The van der Waals surface area contributed by atoms with Crippen LogP contribution in [0.15, 0.2) is 24.5 Å². The molecule has 2 aromatic rings. The summed E-state index contributed by atoms with van der Waals surface area (Å²) >= 11 is 0. The molecule has 0 bridgehead atoms. The molecule has 6 heteroatoms. The Hall–Kier alpha value is -2.24. The molecule has 0 N–H and O–H groups in total. The predicted molar refractivity (Wildman–Crippen MR) is 79.2 cm³/mol. The van der Waals surface area contributed by atoms with Crippen LogP contribution < -0.4 is 4.90 Å². The third-order valence-corrected chi connectivity index (χ3v) is 3.94. The SMILES string of the molecule is Cc1ccc(N2CCC[C@@H](C(=O)c3nccn3C)C2)nn1. The van der Waals surface area contributed by atoms with Crippen molar-refractivity contribution in [1.82, 2.24) is 19.7 Å². The van der Waals surface area contributed by atoms with E-state index in [1.165, 1.54) is 0 Å². The van der Waals surface area contributed by atoms with Crippen molar-refractivity contribution >= 4 is 11.6 Å². The second-order valence-corrected chi connectivity index (χ2v) is 5.54.